The average molecular weight is 398 g/mol. The number of carbonyl (C=O) groups excluding carboxylic acids is 1. The minimum Gasteiger partial charge on any atom is -0.368 e. The third-order valence-electron chi connectivity index (χ3n) is 6.01. The summed E-state index contributed by atoms with van der Waals surface area (Å²) >= 11 is 6.52. The minimum atomic E-state index is 0.0817. The van der Waals surface area contributed by atoms with Gasteiger partial charge in [0.2, 0.25) is 0 Å². The molecule has 1 atom stereocenters. The number of nitrogens with one attached hydrogen (secondary N) is 1. The van der Waals surface area contributed by atoms with E-state index in [9.17, 15) is 4.79 Å². The Kier molecular flexibility index (Phi) is 5.61. The summed E-state index contributed by atoms with van der Waals surface area (Å²) in [5, 5.41) is 4.09. The molecule has 4 nitrogen and oxygen atoms in total. The summed E-state index contributed by atoms with van der Waals surface area (Å²) in [6.45, 7) is 9.45. The van der Waals surface area contributed by atoms with Gasteiger partial charge >= 0.3 is 0 Å². The Hall–Kier alpha value is -2.04. The highest BCUT2D eigenvalue weighted by Gasteiger charge is 2.25. The van der Waals surface area contributed by atoms with Crippen molar-refractivity contribution in [2.45, 2.75) is 26.2 Å². The fourth-order valence-corrected chi connectivity index (χ4v) is 4.74. The summed E-state index contributed by atoms with van der Waals surface area (Å²) in [4.78, 5) is 17.3. The number of piperazine rings is 1. The monoisotopic (exact) mass is 397 g/mol. The maximum atomic E-state index is 13.0. The van der Waals surface area contributed by atoms with Crippen LogP contribution in [-0.2, 0) is 0 Å². The highest BCUT2D eigenvalue weighted by Crippen LogP contribution is 2.30. The topological polar surface area (TPSA) is 35.6 Å². The van der Waals surface area contributed by atoms with Gasteiger partial charge in [0.05, 0.1) is 0 Å². The molecule has 0 aliphatic carbocycles. The molecule has 4 rings (SSSR count). The third kappa shape index (κ3) is 3.89. The summed E-state index contributed by atoms with van der Waals surface area (Å²) in [7, 11) is 0. The molecule has 28 heavy (non-hydrogen) atoms. The number of aryl methyl sites for hydroxylation is 2. The maximum Gasteiger partial charge on any atom is 0.254 e. The van der Waals surface area contributed by atoms with E-state index in [1.165, 1.54) is 16.8 Å². The van der Waals surface area contributed by atoms with Crippen LogP contribution in [0.4, 0.5) is 5.69 Å². The van der Waals surface area contributed by atoms with E-state index in [1.807, 2.05) is 23.1 Å². The standard InChI is InChI=1S/C23H28ClN3O/c1-16-3-6-22(17(2)13-16)26-9-11-27(12-10-26)23(28)18-4-5-20(21(24)14-18)19-7-8-25-15-19/h3-6,13-14,19,25H,7-12,15H2,1-2H3. The van der Waals surface area contributed by atoms with Crippen LogP contribution >= 0.6 is 11.6 Å². The zero-order chi connectivity index (χ0) is 19.7. The van der Waals surface area contributed by atoms with Crippen molar-refractivity contribution >= 4 is 23.2 Å². The first-order valence-corrected chi connectivity index (χ1v) is 10.5. The predicted octanol–water partition coefficient (Wildman–Crippen LogP) is 4.00. The van der Waals surface area contributed by atoms with Crippen molar-refractivity contribution < 1.29 is 4.79 Å². The molecule has 2 saturated heterocycles. The van der Waals surface area contributed by atoms with Gasteiger partial charge in [-0.1, -0.05) is 35.4 Å². The van der Waals surface area contributed by atoms with Crippen LogP contribution in [0.3, 0.4) is 0 Å². The third-order valence-corrected chi connectivity index (χ3v) is 6.33. The van der Waals surface area contributed by atoms with E-state index in [0.29, 0.717) is 16.5 Å². The van der Waals surface area contributed by atoms with E-state index >= 15 is 0 Å². The molecule has 2 heterocycles. The first kappa shape index (κ1) is 19.3. The fourth-order valence-electron chi connectivity index (χ4n) is 4.40. The van der Waals surface area contributed by atoms with Crippen LogP contribution in [0.15, 0.2) is 36.4 Å². The second-order valence-electron chi connectivity index (χ2n) is 8.00. The van der Waals surface area contributed by atoms with Gasteiger partial charge < -0.3 is 15.1 Å². The number of halogens is 1. The van der Waals surface area contributed by atoms with Crippen molar-refractivity contribution in [3.63, 3.8) is 0 Å². The molecular formula is C23H28ClN3O. The molecule has 0 bridgehead atoms. The van der Waals surface area contributed by atoms with E-state index in [-0.39, 0.29) is 5.91 Å². The van der Waals surface area contributed by atoms with Crippen molar-refractivity contribution in [2.75, 3.05) is 44.2 Å². The number of hydrogen-bond donors (Lipinski definition) is 1. The molecule has 148 valence electrons. The Morgan fingerprint density at radius 1 is 1.07 bits per heavy atom. The lowest BCUT2D eigenvalue weighted by atomic mass is 9.97. The Labute approximate surface area is 172 Å². The predicted molar refractivity (Wildman–Crippen MR) is 116 cm³/mol. The molecule has 0 saturated carbocycles. The number of hydrogen-bond acceptors (Lipinski definition) is 3. The van der Waals surface area contributed by atoms with Crippen molar-refractivity contribution in [1.82, 2.24) is 10.2 Å². The number of benzene rings is 2. The fraction of sp³-hybridized carbons (Fsp3) is 0.435. The first-order chi connectivity index (χ1) is 13.5. The van der Waals surface area contributed by atoms with Crippen LogP contribution < -0.4 is 10.2 Å². The van der Waals surface area contributed by atoms with E-state index in [2.05, 4.69) is 42.3 Å². The van der Waals surface area contributed by atoms with Crippen molar-refractivity contribution in [3.8, 4) is 0 Å². The largest absolute Gasteiger partial charge is 0.368 e. The molecule has 2 fully saturated rings. The van der Waals surface area contributed by atoms with E-state index in [1.54, 1.807) is 0 Å². The van der Waals surface area contributed by atoms with Crippen LogP contribution in [0.25, 0.3) is 0 Å². The first-order valence-electron chi connectivity index (χ1n) is 10.1. The normalized spacial score (nSPS) is 19.9. The summed E-state index contributed by atoms with van der Waals surface area (Å²) in [6, 6.07) is 12.4. The molecule has 2 aliphatic rings. The number of rotatable bonds is 3. The van der Waals surface area contributed by atoms with Gasteiger partial charge in [0.1, 0.15) is 0 Å². The Morgan fingerprint density at radius 2 is 1.86 bits per heavy atom. The Balaban J connectivity index is 1.41. The maximum absolute atomic E-state index is 13.0. The number of nitrogens with zero attached hydrogens (tertiary/aromatic N) is 2. The SMILES string of the molecule is Cc1ccc(N2CCN(C(=O)c3ccc(C4CCNC4)c(Cl)c3)CC2)c(C)c1. The minimum absolute atomic E-state index is 0.0817. The molecule has 0 radical (unpaired) electrons. The summed E-state index contributed by atoms with van der Waals surface area (Å²) in [6.07, 6.45) is 1.10. The van der Waals surface area contributed by atoms with E-state index in [4.69, 9.17) is 11.6 Å². The molecule has 2 aromatic rings. The van der Waals surface area contributed by atoms with Gasteiger partial charge in [-0.2, -0.15) is 0 Å². The quantitative estimate of drug-likeness (QED) is 0.850. The number of anilines is 1. The molecule has 1 amide bonds. The highest BCUT2D eigenvalue weighted by atomic mass is 35.5. The molecule has 1 unspecified atom stereocenters. The van der Waals surface area contributed by atoms with Crippen LogP contribution in [0, 0.1) is 13.8 Å². The second-order valence-corrected chi connectivity index (χ2v) is 8.40. The van der Waals surface area contributed by atoms with Crippen LogP contribution in [0.5, 0.6) is 0 Å². The van der Waals surface area contributed by atoms with Crippen molar-refractivity contribution in [3.05, 3.63) is 63.7 Å². The summed E-state index contributed by atoms with van der Waals surface area (Å²) < 4.78 is 0. The zero-order valence-corrected chi connectivity index (χ0v) is 17.4. The van der Waals surface area contributed by atoms with Crippen LogP contribution in [0.1, 0.15) is 39.4 Å². The van der Waals surface area contributed by atoms with Crippen LogP contribution in [-0.4, -0.2) is 50.1 Å². The molecule has 1 N–H and O–H groups in total. The van der Waals surface area contributed by atoms with Gasteiger partial charge in [-0.3, -0.25) is 4.79 Å². The smallest absolute Gasteiger partial charge is 0.254 e. The zero-order valence-electron chi connectivity index (χ0n) is 16.7. The number of carbonyl (C=O) groups is 1. The summed E-state index contributed by atoms with van der Waals surface area (Å²) in [5.41, 5.74) is 5.70. The highest BCUT2D eigenvalue weighted by molar-refractivity contribution is 6.31. The van der Waals surface area contributed by atoms with E-state index in [0.717, 1.165) is 51.3 Å². The Bertz CT molecular complexity index is 868. The van der Waals surface area contributed by atoms with Gasteiger partial charge in [0, 0.05) is 49.0 Å². The Morgan fingerprint density at radius 3 is 2.50 bits per heavy atom. The van der Waals surface area contributed by atoms with Gasteiger partial charge in [0.15, 0.2) is 0 Å². The lowest BCUT2D eigenvalue weighted by molar-refractivity contribution is 0.0747. The molecule has 2 aromatic carbocycles. The van der Waals surface area contributed by atoms with Gasteiger partial charge in [-0.15, -0.1) is 0 Å². The van der Waals surface area contributed by atoms with Crippen LogP contribution in [0.2, 0.25) is 5.02 Å². The molecule has 5 heteroatoms. The van der Waals surface area contributed by atoms with Gasteiger partial charge in [0.25, 0.3) is 5.91 Å². The number of amides is 1. The molecule has 0 spiro atoms. The van der Waals surface area contributed by atoms with Gasteiger partial charge in [-0.25, -0.2) is 0 Å². The lowest BCUT2D eigenvalue weighted by Crippen LogP contribution is -2.49. The average Bonchev–Trinajstić information content (AvgIpc) is 3.22. The second kappa shape index (κ2) is 8.14. The molecule has 0 aromatic heterocycles. The molecular weight excluding hydrogens is 370 g/mol. The summed E-state index contributed by atoms with van der Waals surface area (Å²) in [5.74, 6) is 0.538. The molecule has 2 aliphatic heterocycles. The van der Waals surface area contributed by atoms with Crippen molar-refractivity contribution in [2.24, 2.45) is 0 Å². The van der Waals surface area contributed by atoms with Crippen molar-refractivity contribution in [1.29, 1.82) is 0 Å². The van der Waals surface area contributed by atoms with E-state index < -0.39 is 0 Å². The van der Waals surface area contributed by atoms with Gasteiger partial charge in [-0.05, 0) is 62.1 Å². The lowest BCUT2D eigenvalue weighted by Gasteiger charge is -2.37.